The lowest BCUT2D eigenvalue weighted by Gasteiger charge is -2.28. The molecule has 0 amide bonds. The monoisotopic (exact) mass is 318 g/mol. The summed E-state index contributed by atoms with van der Waals surface area (Å²) in [7, 11) is 0.580. The van der Waals surface area contributed by atoms with Crippen molar-refractivity contribution in [2.75, 3.05) is 14.2 Å². The summed E-state index contributed by atoms with van der Waals surface area (Å²) in [6, 6.07) is 4.31. The van der Waals surface area contributed by atoms with E-state index in [1.807, 2.05) is 13.8 Å². The van der Waals surface area contributed by atoms with Crippen LogP contribution in [0, 0.1) is 11.6 Å². The molecular weight excluding hydrogens is 294 g/mol. The number of hydrogen-bond donors (Lipinski definition) is 0. The summed E-state index contributed by atoms with van der Waals surface area (Å²) in [6.45, 7) is 3.88. The summed E-state index contributed by atoms with van der Waals surface area (Å²) in [5.41, 5.74) is 0.666. The predicted molar refractivity (Wildman–Crippen MR) is 80.1 cm³/mol. The second-order valence-electron chi connectivity index (χ2n) is 5.24. The zero-order valence-corrected chi connectivity index (χ0v) is 14.1. The van der Waals surface area contributed by atoms with Crippen LogP contribution in [-0.2, 0) is 19.7 Å². The molecule has 0 N–H and O–H groups in total. The molecule has 21 heavy (non-hydrogen) atoms. The van der Waals surface area contributed by atoms with Crippen LogP contribution in [0.4, 0.5) is 8.78 Å². The van der Waals surface area contributed by atoms with Gasteiger partial charge in [-0.15, -0.1) is 0 Å². The van der Waals surface area contributed by atoms with Crippen LogP contribution < -0.4 is 0 Å². The lowest BCUT2D eigenvalue weighted by molar-refractivity contribution is 0.0694. The van der Waals surface area contributed by atoms with Crippen molar-refractivity contribution in [1.82, 2.24) is 0 Å². The van der Waals surface area contributed by atoms with Gasteiger partial charge in [-0.1, -0.05) is 0 Å². The van der Waals surface area contributed by atoms with E-state index in [1.165, 1.54) is 12.1 Å². The molecule has 0 atom stereocenters. The number of rotatable bonds is 9. The highest BCUT2D eigenvalue weighted by Gasteiger charge is 2.39. The largest absolute Gasteiger partial charge is 0.500 e. The first-order valence-corrected chi connectivity index (χ1v) is 9.07. The quantitative estimate of drug-likeness (QED) is 0.510. The van der Waals surface area contributed by atoms with Crippen LogP contribution in [-0.4, -0.2) is 29.1 Å². The first kappa shape index (κ1) is 18.2. The lowest BCUT2D eigenvalue weighted by atomic mass is 10.1. The minimum Gasteiger partial charge on any atom is -0.377 e. The zero-order valence-electron chi connectivity index (χ0n) is 13.1. The number of hydrogen-bond acceptors (Lipinski definition) is 3. The normalized spacial score (nSPS) is 12.1. The molecule has 0 saturated heterocycles. The number of aryl methyl sites for hydroxylation is 1. The van der Waals surface area contributed by atoms with Crippen molar-refractivity contribution in [3.05, 3.63) is 35.4 Å². The van der Waals surface area contributed by atoms with E-state index in [9.17, 15) is 8.78 Å². The van der Waals surface area contributed by atoms with Crippen molar-refractivity contribution in [1.29, 1.82) is 0 Å². The molecule has 0 bridgehead atoms. The fourth-order valence-corrected chi connectivity index (χ4v) is 4.51. The van der Waals surface area contributed by atoms with Crippen molar-refractivity contribution >= 4 is 8.80 Å². The molecule has 0 aliphatic rings. The van der Waals surface area contributed by atoms with E-state index in [-0.39, 0.29) is 6.10 Å². The van der Waals surface area contributed by atoms with Crippen LogP contribution in [0.5, 0.6) is 0 Å². The molecule has 0 saturated carbocycles. The van der Waals surface area contributed by atoms with Gasteiger partial charge >= 0.3 is 8.80 Å². The summed E-state index contributed by atoms with van der Waals surface area (Å²) in [4.78, 5) is 0. The third kappa shape index (κ3) is 6.21. The van der Waals surface area contributed by atoms with E-state index in [0.29, 0.717) is 18.0 Å². The molecule has 3 nitrogen and oxygen atoms in total. The summed E-state index contributed by atoms with van der Waals surface area (Å²) in [6.07, 6.45) is 2.27. The third-order valence-electron chi connectivity index (χ3n) is 3.16. The van der Waals surface area contributed by atoms with Crippen LogP contribution in [0.2, 0.25) is 6.04 Å². The fourth-order valence-electron chi connectivity index (χ4n) is 2.23. The summed E-state index contributed by atoms with van der Waals surface area (Å²) >= 11 is 0. The number of halogens is 2. The van der Waals surface area contributed by atoms with E-state index in [2.05, 4.69) is 0 Å². The highest BCUT2D eigenvalue weighted by molar-refractivity contribution is 6.60. The topological polar surface area (TPSA) is 27.7 Å². The van der Waals surface area contributed by atoms with Crippen molar-refractivity contribution < 1.29 is 22.1 Å². The summed E-state index contributed by atoms with van der Waals surface area (Å²) in [5.74, 6) is -1.07. The van der Waals surface area contributed by atoms with Gasteiger partial charge in [-0.3, -0.25) is 0 Å². The van der Waals surface area contributed by atoms with Gasteiger partial charge in [0.2, 0.25) is 0 Å². The standard InChI is InChI=1S/C15H24F2O3Si/c1-12(2)20-21(18-3,19-4)8-6-5-7-13-9-14(16)11-15(17)10-13/h9-12H,5-8H2,1-4H3. The second-order valence-corrected chi connectivity index (χ2v) is 8.16. The summed E-state index contributed by atoms with van der Waals surface area (Å²) in [5, 5.41) is 0. The Morgan fingerprint density at radius 1 is 1.00 bits per heavy atom. The Labute approximate surface area is 126 Å². The molecule has 6 heteroatoms. The van der Waals surface area contributed by atoms with Crippen LogP contribution in [0.15, 0.2) is 18.2 Å². The van der Waals surface area contributed by atoms with E-state index in [4.69, 9.17) is 13.3 Å². The molecule has 0 aromatic heterocycles. The molecular formula is C15H24F2O3Si. The summed E-state index contributed by atoms with van der Waals surface area (Å²) < 4.78 is 42.9. The average Bonchev–Trinajstić information content (AvgIpc) is 2.41. The van der Waals surface area contributed by atoms with Crippen LogP contribution >= 0.6 is 0 Å². The Kier molecular flexibility index (Phi) is 7.45. The maximum atomic E-state index is 13.1. The van der Waals surface area contributed by atoms with Gasteiger partial charge in [-0.05, 0) is 50.8 Å². The van der Waals surface area contributed by atoms with E-state index in [1.54, 1.807) is 14.2 Å². The lowest BCUT2D eigenvalue weighted by Crippen LogP contribution is -2.45. The highest BCUT2D eigenvalue weighted by Crippen LogP contribution is 2.20. The molecule has 0 radical (unpaired) electrons. The van der Waals surface area contributed by atoms with Crippen molar-refractivity contribution in [3.8, 4) is 0 Å². The Hall–Kier alpha value is -0.823. The molecule has 0 fully saturated rings. The predicted octanol–water partition coefficient (Wildman–Crippen LogP) is 3.94. The first-order valence-electron chi connectivity index (χ1n) is 7.14. The first-order chi connectivity index (χ1) is 9.90. The fraction of sp³-hybridized carbons (Fsp3) is 0.600. The Bertz CT molecular complexity index is 417. The van der Waals surface area contributed by atoms with Gasteiger partial charge in [0, 0.05) is 32.4 Å². The van der Waals surface area contributed by atoms with Gasteiger partial charge in [-0.25, -0.2) is 8.78 Å². The maximum Gasteiger partial charge on any atom is 0.500 e. The molecule has 0 spiro atoms. The van der Waals surface area contributed by atoms with Crippen molar-refractivity contribution in [3.63, 3.8) is 0 Å². The maximum absolute atomic E-state index is 13.1. The number of benzene rings is 1. The Morgan fingerprint density at radius 3 is 2.05 bits per heavy atom. The van der Waals surface area contributed by atoms with Gasteiger partial charge in [0.15, 0.2) is 0 Å². The highest BCUT2D eigenvalue weighted by atomic mass is 28.4. The SMILES string of the molecule is CO[Si](CCCCc1cc(F)cc(F)c1)(OC)OC(C)C. The van der Waals surface area contributed by atoms with Gasteiger partial charge in [0.1, 0.15) is 11.6 Å². The molecule has 0 heterocycles. The van der Waals surface area contributed by atoms with Crippen LogP contribution in [0.3, 0.4) is 0 Å². The Balaban J connectivity index is 2.47. The molecule has 0 unspecified atom stereocenters. The van der Waals surface area contributed by atoms with E-state index >= 15 is 0 Å². The van der Waals surface area contributed by atoms with Gasteiger partial charge in [-0.2, -0.15) is 0 Å². The molecule has 1 aromatic carbocycles. The van der Waals surface area contributed by atoms with E-state index < -0.39 is 20.4 Å². The minimum atomic E-state index is -2.61. The second kappa shape index (κ2) is 8.58. The van der Waals surface area contributed by atoms with Crippen molar-refractivity contribution in [2.24, 2.45) is 0 Å². The van der Waals surface area contributed by atoms with Gasteiger partial charge in [0.25, 0.3) is 0 Å². The smallest absolute Gasteiger partial charge is 0.377 e. The molecule has 0 aliphatic heterocycles. The molecule has 120 valence electrons. The molecule has 1 aromatic rings. The van der Waals surface area contributed by atoms with Crippen LogP contribution in [0.25, 0.3) is 0 Å². The Morgan fingerprint density at radius 2 is 1.57 bits per heavy atom. The van der Waals surface area contributed by atoms with E-state index in [0.717, 1.165) is 18.9 Å². The van der Waals surface area contributed by atoms with Gasteiger partial charge in [0.05, 0.1) is 0 Å². The zero-order chi connectivity index (χ0) is 15.9. The third-order valence-corrected chi connectivity index (χ3v) is 6.20. The van der Waals surface area contributed by atoms with Crippen LogP contribution in [0.1, 0.15) is 32.3 Å². The van der Waals surface area contributed by atoms with Gasteiger partial charge < -0.3 is 13.3 Å². The number of unbranched alkanes of at least 4 members (excludes halogenated alkanes) is 1. The molecule has 0 aliphatic carbocycles. The minimum absolute atomic E-state index is 0.0360. The average molecular weight is 318 g/mol. The molecule has 1 rings (SSSR count). The van der Waals surface area contributed by atoms with Crippen molar-refractivity contribution in [2.45, 2.75) is 45.3 Å².